The van der Waals surface area contributed by atoms with Crippen LogP contribution in [0.25, 0.3) is 0 Å². The van der Waals surface area contributed by atoms with E-state index in [1.54, 1.807) is 6.07 Å². The second-order valence-corrected chi connectivity index (χ2v) is 5.35. The summed E-state index contributed by atoms with van der Waals surface area (Å²) in [6, 6.07) is 8.70. The van der Waals surface area contributed by atoms with Crippen LogP contribution in [0.2, 0.25) is 0 Å². The summed E-state index contributed by atoms with van der Waals surface area (Å²) in [5, 5.41) is 17.2. The van der Waals surface area contributed by atoms with Gasteiger partial charge in [0.25, 0.3) is 0 Å². The average molecular weight is 351 g/mol. The van der Waals surface area contributed by atoms with Gasteiger partial charge in [0.05, 0.1) is 4.92 Å². The summed E-state index contributed by atoms with van der Waals surface area (Å²) < 4.78 is 0.953. The van der Waals surface area contributed by atoms with E-state index in [4.69, 9.17) is 0 Å². The molecule has 2 rings (SSSR count). The van der Waals surface area contributed by atoms with E-state index in [2.05, 4.69) is 31.5 Å². The summed E-state index contributed by atoms with van der Waals surface area (Å²) in [6.07, 6.45) is 0. The van der Waals surface area contributed by atoms with Gasteiger partial charge < -0.3 is 10.6 Å². The zero-order valence-corrected chi connectivity index (χ0v) is 13.3. The lowest BCUT2D eigenvalue weighted by Gasteiger charge is -2.11. The summed E-state index contributed by atoms with van der Waals surface area (Å²) in [5.41, 5.74) is 1.69. The lowest BCUT2D eigenvalue weighted by molar-refractivity contribution is -0.384. The largest absolute Gasteiger partial charge is 0.370 e. The predicted octanol–water partition coefficient (Wildman–Crippen LogP) is 4.24. The van der Waals surface area contributed by atoms with Crippen LogP contribution >= 0.6 is 15.9 Å². The molecule has 0 saturated carbocycles. The second kappa shape index (κ2) is 6.53. The first-order chi connectivity index (χ1) is 10.0. The highest BCUT2D eigenvalue weighted by Crippen LogP contribution is 2.29. The molecule has 6 nitrogen and oxygen atoms in total. The van der Waals surface area contributed by atoms with E-state index in [9.17, 15) is 10.1 Å². The molecular formula is C14H15BrN4O2. The summed E-state index contributed by atoms with van der Waals surface area (Å²) in [6.45, 7) is 4.56. The van der Waals surface area contributed by atoms with Crippen LogP contribution in [0, 0.1) is 17.0 Å². The van der Waals surface area contributed by atoms with Gasteiger partial charge in [-0.2, -0.15) is 0 Å². The zero-order valence-electron chi connectivity index (χ0n) is 11.7. The van der Waals surface area contributed by atoms with Gasteiger partial charge in [-0.05, 0) is 43.7 Å². The van der Waals surface area contributed by atoms with Crippen molar-refractivity contribution >= 4 is 38.9 Å². The van der Waals surface area contributed by atoms with Crippen molar-refractivity contribution in [3.05, 3.63) is 50.5 Å². The van der Waals surface area contributed by atoms with Crippen molar-refractivity contribution in [2.24, 2.45) is 0 Å². The first-order valence-corrected chi connectivity index (χ1v) is 7.23. The minimum Gasteiger partial charge on any atom is -0.370 e. The van der Waals surface area contributed by atoms with Gasteiger partial charge in [-0.3, -0.25) is 10.1 Å². The molecule has 0 unspecified atom stereocenters. The first kappa shape index (κ1) is 15.2. The highest BCUT2D eigenvalue weighted by molar-refractivity contribution is 9.10. The number of aryl methyl sites for hydroxylation is 1. The molecule has 2 N–H and O–H groups in total. The van der Waals surface area contributed by atoms with Crippen molar-refractivity contribution < 1.29 is 4.92 Å². The molecule has 0 radical (unpaired) electrons. The number of halogens is 1. The van der Waals surface area contributed by atoms with Crippen LogP contribution in [0.5, 0.6) is 0 Å². The number of aromatic nitrogens is 1. The Morgan fingerprint density at radius 1 is 1.33 bits per heavy atom. The number of pyridine rings is 1. The third kappa shape index (κ3) is 3.69. The molecule has 1 heterocycles. The molecule has 1 aromatic carbocycles. The van der Waals surface area contributed by atoms with Crippen molar-refractivity contribution in [3.8, 4) is 0 Å². The third-order valence-electron chi connectivity index (χ3n) is 2.87. The third-order valence-corrected chi connectivity index (χ3v) is 3.36. The predicted molar refractivity (Wildman–Crippen MR) is 87.2 cm³/mol. The van der Waals surface area contributed by atoms with E-state index in [0.717, 1.165) is 15.7 Å². The molecule has 0 atom stereocenters. The number of nitro groups is 1. The molecule has 0 saturated heterocycles. The Kier molecular flexibility index (Phi) is 4.74. The van der Waals surface area contributed by atoms with Crippen LogP contribution in [0.3, 0.4) is 0 Å². The molecule has 0 bridgehead atoms. The van der Waals surface area contributed by atoms with Crippen molar-refractivity contribution in [2.45, 2.75) is 13.8 Å². The smallest absolute Gasteiger partial charge is 0.311 e. The van der Waals surface area contributed by atoms with Crippen LogP contribution in [-0.4, -0.2) is 16.5 Å². The molecule has 0 aliphatic heterocycles. The van der Waals surface area contributed by atoms with Gasteiger partial charge >= 0.3 is 5.69 Å². The minimum absolute atomic E-state index is 0.0565. The maximum absolute atomic E-state index is 11.1. The van der Waals surface area contributed by atoms with Crippen LogP contribution in [0.1, 0.15) is 12.5 Å². The number of anilines is 3. The summed E-state index contributed by atoms with van der Waals surface area (Å²) in [7, 11) is 0. The first-order valence-electron chi connectivity index (χ1n) is 6.43. The van der Waals surface area contributed by atoms with Gasteiger partial charge in [0.15, 0.2) is 0 Å². The van der Waals surface area contributed by atoms with Gasteiger partial charge in [0.2, 0.25) is 5.82 Å². The number of hydrogen-bond acceptors (Lipinski definition) is 5. The SMILES string of the molecule is CCNc1ccc([N+](=O)[O-])c(Nc2ccc(Br)cc2C)n1. The lowest BCUT2D eigenvalue weighted by atomic mass is 10.2. The number of benzene rings is 1. The van der Waals surface area contributed by atoms with E-state index in [-0.39, 0.29) is 11.5 Å². The fraction of sp³-hybridized carbons (Fsp3) is 0.214. The van der Waals surface area contributed by atoms with E-state index in [1.807, 2.05) is 32.0 Å². The second-order valence-electron chi connectivity index (χ2n) is 4.44. The van der Waals surface area contributed by atoms with Crippen molar-refractivity contribution in [3.63, 3.8) is 0 Å². The van der Waals surface area contributed by atoms with Crippen molar-refractivity contribution in [1.29, 1.82) is 0 Å². The van der Waals surface area contributed by atoms with E-state index in [1.165, 1.54) is 6.07 Å². The van der Waals surface area contributed by atoms with E-state index < -0.39 is 4.92 Å². The fourth-order valence-electron chi connectivity index (χ4n) is 1.87. The molecule has 0 aliphatic carbocycles. The summed E-state index contributed by atoms with van der Waals surface area (Å²) in [5.74, 6) is 0.823. The minimum atomic E-state index is -0.445. The van der Waals surface area contributed by atoms with Crippen LogP contribution < -0.4 is 10.6 Å². The highest BCUT2D eigenvalue weighted by Gasteiger charge is 2.16. The quantitative estimate of drug-likeness (QED) is 0.622. The molecule has 1 aromatic heterocycles. The standard InChI is InChI=1S/C14H15BrN4O2/c1-3-16-13-7-6-12(19(20)21)14(18-13)17-11-5-4-10(15)8-9(11)2/h4-8H,3H2,1-2H3,(H2,16,17,18). The molecule has 21 heavy (non-hydrogen) atoms. The number of rotatable bonds is 5. The number of nitrogens with one attached hydrogen (secondary N) is 2. The Balaban J connectivity index is 2.40. The van der Waals surface area contributed by atoms with Crippen molar-refractivity contribution in [1.82, 2.24) is 4.98 Å². The Morgan fingerprint density at radius 2 is 2.10 bits per heavy atom. The topological polar surface area (TPSA) is 80.1 Å². The Bertz CT molecular complexity index is 676. The number of hydrogen-bond donors (Lipinski definition) is 2. The maximum Gasteiger partial charge on any atom is 0.311 e. The molecule has 7 heteroatoms. The number of nitrogens with zero attached hydrogens (tertiary/aromatic N) is 2. The van der Waals surface area contributed by atoms with Crippen LogP contribution in [0.15, 0.2) is 34.8 Å². The summed E-state index contributed by atoms with van der Waals surface area (Å²) >= 11 is 3.39. The Labute approximate surface area is 130 Å². The molecule has 0 aliphatic rings. The maximum atomic E-state index is 11.1. The Hall–Kier alpha value is -2.15. The van der Waals surface area contributed by atoms with E-state index >= 15 is 0 Å². The normalized spacial score (nSPS) is 10.2. The lowest BCUT2D eigenvalue weighted by Crippen LogP contribution is -2.05. The molecule has 0 spiro atoms. The Morgan fingerprint density at radius 3 is 2.71 bits per heavy atom. The van der Waals surface area contributed by atoms with E-state index in [0.29, 0.717) is 12.4 Å². The average Bonchev–Trinajstić information content (AvgIpc) is 2.42. The van der Waals surface area contributed by atoms with Gasteiger partial charge in [-0.1, -0.05) is 15.9 Å². The van der Waals surface area contributed by atoms with Gasteiger partial charge in [0.1, 0.15) is 5.82 Å². The van der Waals surface area contributed by atoms with Crippen LogP contribution in [-0.2, 0) is 0 Å². The zero-order chi connectivity index (χ0) is 15.4. The van der Waals surface area contributed by atoms with Crippen molar-refractivity contribution in [2.75, 3.05) is 17.2 Å². The summed E-state index contributed by atoms with van der Waals surface area (Å²) in [4.78, 5) is 14.9. The van der Waals surface area contributed by atoms with Gasteiger partial charge in [-0.15, -0.1) is 0 Å². The fourth-order valence-corrected chi connectivity index (χ4v) is 2.34. The molecule has 2 aromatic rings. The monoisotopic (exact) mass is 350 g/mol. The van der Waals surface area contributed by atoms with Gasteiger partial charge in [0, 0.05) is 22.8 Å². The highest BCUT2D eigenvalue weighted by atomic mass is 79.9. The molecular weight excluding hydrogens is 336 g/mol. The molecule has 110 valence electrons. The molecule has 0 amide bonds. The molecule has 0 fully saturated rings. The van der Waals surface area contributed by atoms with Gasteiger partial charge in [-0.25, -0.2) is 4.98 Å². The van der Waals surface area contributed by atoms with Crippen LogP contribution in [0.4, 0.5) is 23.0 Å².